The SMILES string of the molecule is O=C(NCCCN1CCNCC1)c1ccccc1OCC1CC1. The van der Waals surface area contributed by atoms with E-state index >= 15 is 0 Å². The summed E-state index contributed by atoms with van der Waals surface area (Å²) in [5.74, 6) is 1.36. The average molecular weight is 317 g/mol. The molecular formula is C18H27N3O2. The van der Waals surface area contributed by atoms with Crippen molar-refractivity contribution in [1.29, 1.82) is 0 Å². The van der Waals surface area contributed by atoms with Crippen LogP contribution in [0.3, 0.4) is 0 Å². The van der Waals surface area contributed by atoms with Gasteiger partial charge >= 0.3 is 0 Å². The van der Waals surface area contributed by atoms with Crippen LogP contribution in [0.25, 0.3) is 0 Å². The van der Waals surface area contributed by atoms with Crippen molar-refractivity contribution in [3.63, 3.8) is 0 Å². The zero-order valence-corrected chi connectivity index (χ0v) is 13.7. The highest BCUT2D eigenvalue weighted by Crippen LogP contribution is 2.30. The maximum absolute atomic E-state index is 12.4. The lowest BCUT2D eigenvalue weighted by atomic mass is 10.2. The first-order valence-electron chi connectivity index (χ1n) is 8.76. The number of carbonyl (C=O) groups excluding carboxylic acids is 1. The van der Waals surface area contributed by atoms with Gasteiger partial charge < -0.3 is 20.3 Å². The molecule has 5 nitrogen and oxygen atoms in total. The molecule has 1 saturated heterocycles. The second-order valence-electron chi connectivity index (χ2n) is 6.45. The fraction of sp³-hybridized carbons (Fsp3) is 0.611. The summed E-state index contributed by atoms with van der Waals surface area (Å²) in [6, 6.07) is 7.54. The van der Waals surface area contributed by atoms with Gasteiger partial charge in [-0.3, -0.25) is 4.79 Å². The van der Waals surface area contributed by atoms with Gasteiger partial charge in [0.2, 0.25) is 0 Å². The molecule has 1 amide bonds. The number of benzene rings is 1. The standard InChI is InChI=1S/C18H27N3O2/c22-18(20-8-3-11-21-12-9-19-10-13-21)16-4-1-2-5-17(16)23-14-15-6-7-15/h1-2,4-5,15,19H,3,6-14H2,(H,20,22). The molecule has 2 fully saturated rings. The predicted molar refractivity (Wildman–Crippen MR) is 90.9 cm³/mol. The summed E-state index contributed by atoms with van der Waals surface area (Å²) in [4.78, 5) is 14.8. The van der Waals surface area contributed by atoms with Gasteiger partial charge in [-0.25, -0.2) is 0 Å². The van der Waals surface area contributed by atoms with Crippen molar-refractivity contribution in [2.24, 2.45) is 5.92 Å². The van der Waals surface area contributed by atoms with E-state index in [1.54, 1.807) is 0 Å². The minimum Gasteiger partial charge on any atom is -0.492 e. The molecule has 1 heterocycles. The van der Waals surface area contributed by atoms with E-state index in [1.807, 2.05) is 24.3 Å². The molecule has 1 aromatic carbocycles. The molecule has 0 bridgehead atoms. The van der Waals surface area contributed by atoms with Gasteiger partial charge in [-0.05, 0) is 43.9 Å². The fourth-order valence-electron chi connectivity index (χ4n) is 2.81. The monoisotopic (exact) mass is 317 g/mol. The maximum Gasteiger partial charge on any atom is 0.255 e. The second-order valence-corrected chi connectivity index (χ2v) is 6.45. The molecule has 3 rings (SSSR count). The Morgan fingerprint density at radius 1 is 1.26 bits per heavy atom. The number of para-hydroxylation sites is 1. The topological polar surface area (TPSA) is 53.6 Å². The lowest BCUT2D eigenvalue weighted by molar-refractivity contribution is 0.0947. The van der Waals surface area contributed by atoms with Crippen molar-refractivity contribution < 1.29 is 9.53 Å². The Morgan fingerprint density at radius 3 is 2.83 bits per heavy atom. The predicted octanol–water partition coefficient (Wildman–Crippen LogP) is 1.50. The highest BCUT2D eigenvalue weighted by atomic mass is 16.5. The molecule has 1 saturated carbocycles. The molecule has 2 N–H and O–H groups in total. The fourth-order valence-corrected chi connectivity index (χ4v) is 2.81. The number of ether oxygens (including phenoxy) is 1. The number of hydrogen-bond donors (Lipinski definition) is 2. The Labute approximate surface area is 138 Å². The molecule has 2 aliphatic rings. The molecule has 0 radical (unpaired) electrons. The Hall–Kier alpha value is -1.59. The third-order valence-corrected chi connectivity index (χ3v) is 4.45. The van der Waals surface area contributed by atoms with Crippen molar-refractivity contribution >= 4 is 5.91 Å². The Bertz CT molecular complexity index is 511. The van der Waals surface area contributed by atoms with Gasteiger partial charge in [0, 0.05) is 32.7 Å². The van der Waals surface area contributed by atoms with Gasteiger partial charge in [-0.2, -0.15) is 0 Å². The van der Waals surface area contributed by atoms with E-state index in [-0.39, 0.29) is 5.91 Å². The van der Waals surface area contributed by atoms with Crippen LogP contribution in [0.4, 0.5) is 0 Å². The molecule has 0 atom stereocenters. The summed E-state index contributed by atoms with van der Waals surface area (Å²) in [5, 5.41) is 6.37. The largest absolute Gasteiger partial charge is 0.492 e. The number of nitrogens with zero attached hydrogens (tertiary/aromatic N) is 1. The molecule has 0 spiro atoms. The van der Waals surface area contributed by atoms with E-state index in [9.17, 15) is 4.79 Å². The van der Waals surface area contributed by atoms with Crippen LogP contribution in [0.15, 0.2) is 24.3 Å². The first-order chi connectivity index (χ1) is 11.3. The number of nitrogens with one attached hydrogen (secondary N) is 2. The van der Waals surface area contributed by atoms with Crippen LogP contribution in [0, 0.1) is 5.92 Å². The molecule has 1 aliphatic heterocycles. The zero-order valence-electron chi connectivity index (χ0n) is 13.7. The van der Waals surface area contributed by atoms with E-state index in [1.165, 1.54) is 12.8 Å². The molecule has 5 heteroatoms. The normalized spacial score (nSPS) is 18.6. The van der Waals surface area contributed by atoms with Crippen LogP contribution in [-0.2, 0) is 0 Å². The summed E-state index contributed by atoms with van der Waals surface area (Å²) in [6.07, 6.45) is 3.48. The lowest BCUT2D eigenvalue weighted by Crippen LogP contribution is -2.44. The Morgan fingerprint density at radius 2 is 2.04 bits per heavy atom. The molecule has 23 heavy (non-hydrogen) atoms. The summed E-state index contributed by atoms with van der Waals surface area (Å²) in [6.45, 7) is 6.82. The van der Waals surface area contributed by atoms with Gasteiger partial charge in [0.1, 0.15) is 5.75 Å². The Kier molecular flexibility index (Phi) is 5.88. The lowest BCUT2D eigenvalue weighted by Gasteiger charge is -2.27. The smallest absolute Gasteiger partial charge is 0.255 e. The van der Waals surface area contributed by atoms with Crippen molar-refractivity contribution in [1.82, 2.24) is 15.5 Å². The average Bonchev–Trinajstić information content (AvgIpc) is 3.42. The van der Waals surface area contributed by atoms with Gasteiger partial charge in [0.15, 0.2) is 0 Å². The third-order valence-electron chi connectivity index (χ3n) is 4.45. The van der Waals surface area contributed by atoms with Gasteiger partial charge in [-0.1, -0.05) is 12.1 Å². The summed E-state index contributed by atoms with van der Waals surface area (Å²) < 4.78 is 5.81. The molecule has 0 aromatic heterocycles. The van der Waals surface area contributed by atoms with Gasteiger partial charge in [0.05, 0.1) is 12.2 Å². The van der Waals surface area contributed by atoms with Crippen LogP contribution >= 0.6 is 0 Å². The second kappa shape index (κ2) is 8.31. The minimum absolute atomic E-state index is 0.0308. The first-order valence-corrected chi connectivity index (χ1v) is 8.76. The summed E-state index contributed by atoms with van der Waals surface area (Å²) >= 11 is 0. The van der Waals surface area contributed by atoms with Crippen molar-refractivity contribution in [2.45, 2.75) is 19.3 Å². The first kappa shape index (κ1) is 16.3. The number of carbonyl (C=O) groups is 1. The van der Waals surface area contributed by atoms with Gasteiger partial charge in [0.25, 0.3) is 5.91 Å². The highest BCUT2D eigenvalue weighted by molar-refractivity contribution is 5.96. The number of rotatable bonds is 8. The minimum atomic E-state index is -0.0308. The number of hydrogen-bond acceptors (Lipinski definition) is 4. The molecule has 1 aliphatic carbocycles. The van der Waals surface area contributed by atoms with E-state index in [2.05, 4.69) is 15.5 Å². The van der Waals surface area contributed by atoms with Crippen LogP contribution in [0.5, 0.6) is 5.75 Å². The molecular weight excluding hydrogens is 290 g/mol. The van der Waals surface area contributed by atoms with Crippen molar-refractivity contribution in [3.8, 4) is 5.75 Å². The van der Waals surface area contributed by atoms with Crippen LogP contribution in [0.1, 0.15) is 29.6 Å². The Balaban J connectivity index is 1.41. The van der Waals surface area contributed by atoms with Crippen molar-refractivity contribution in [2.75, 3.05) is 45.9 Å². The van der Waals surface area contributed by atoms with E-state index in [0.29, 0.717) is 23.8 Å². The van der Waals surface area contributed by atoms with Crippen molar-refractivity contribution in [3.05, 3.63) is 29.8 Å². The third kappa shape index (κ3) is 5.22. The number of amides is 1. The summed E-state index contributed by atoms with van der Waals surface area (Å²) in [5.41, 5.74) is 0.648. The molecule has 0 unspecified atom stereocenters. The quantitative estimate of drug-likeness (QED) is 0.714. The van der Waals surface area contributed by atoms with E-state index < -0.39 is 0 Å². The van der Waals surface area contributed by atoms with E-state index in [0.717, 1.165) is 45.8 Å². The number of piperazine rings is 1. The highest BCUT2D eigenvalue weighted by Gasteiger charge is 2.23. The van der Waals surface area contributed by atoms with Gasteiger partial charge in [-0.15, -0.1) is 0 Å². The zero-order chi connectivity index (χ0) is 15.9. The van der Waals surface area contributed by atoms with E-state index in [4.69, 9.17) is 4.74 Å². The van der Waals surface area contributed by atoms with Crippen LogP contribution < -0.4 is 15.4 Å². The van der Waals surface area contributed by atoms with Crippen LogP contribution in [-0.4, -0.2) is 56.7 Å². The molecule has 1 aromatic rings. The summed E-state index contributed by atoms with van der Waals surface area (Å²) in [7, 11) is 0. The van der Waals surface area contributed by atoms with Crippen LogP contribution in [0.2, 0.25) is 0 Å². The maximum atomic E-state index is 12.4. The molecule has 126 valence electrons.